The molecule has 0 saturated carbocycles. The summed E-state index contributed by atoms with van der Waals surface area (Å²) >= 11 is 0. The Labute approximate surface area is 179 Å². The quantitative estimate of drug-likeness (QED) is 0.562. The van der Waals surface area contributed by atoms with Crippen LogP contribution in [-0.2, 0) is 6.42 Å². The molecule has 4 rings (SSSR count). The van der Waals surface area contributed by atoms with Crippen LogP contribution < -0.4 is 4.90 Å². The maximum absolute atomic E-state index is 13.1. The molecule has 0 bridgehead atoms. The van der Waals surface area contributed by atoms with E-state index in [-0.39, 0.29) is 5.91 Å². The fraction of sp³-hybridized carbons (Fsp3) is 0.308. The summed E-state index contributed by atoms with van der Waals surface area (Å²) in [7, 11) is 0. The molecule has 1 aromatic heterocycles. The molecule has 0 radical (unpaired) electrons. The third-order valence-corrected chi connectivity index (χ3v) is 5.94. The Hall–Kier alpha value is -3.14. The number of amides is 1. The van der Waals surface area contributed by atoms with Gasteiger partial charge in [0.25, 0.3) is 5.91 Å². The first-order chi connectivity index (χ1) is 14.7. The van der Waals surface area contributed by atoms with E-state index in [0.29, 0.717) is 11.5 Å². The van der Waals surface area contributed by atoms with Crippen LogP contribution in [0.3, 0.4) is 0 Å². The van der Waals surface area contributed by atoms with Crippen molar-refractivity contribution in [2.24, 2.45) is 5.92 Å². The summed E-state index contributed by atoms with van der Waals surface area (Å²) in [6.07, 6.45) is 6.74. The SMILES string of the molecule is CCN(c1ccccc1)c1cncc(C(=O)N2CCC(Cc3ccccc3)CC2)c1. The van der Waals surface area contributed by atoms with Crippen molar-refractivity contribution >= 4 is 17.3 Å². The van der Waals surface area contributed by atoms with E-state index in [1.165, 1.54) is 5.56 Å². The van der Waals surface area contributed by atoms with Crippen molar-refractivity contribution in [3.8, 4) is 0 Å². The van der Waals surface area contributed by atoms with E-state index >= 15 is 0 Å². The van der Waals surface area contributed by atoms with Gasteiger partial charge in [0, 0.05) is 31.5 Å². The molecule has 1 amide bonds. The molecule has 1 fully saturated rings. The molecule has 1 aliphatic heterocycles. The fourth-order valence-electron chi connectivity index (χ4n) is 4.28. The van der Waals surface area contributed by atoms with E-state index in [0.717, 1.165) is 50.3 Å². The number of para-hydroxylation sites is 1. The highest BCUT2D eigenvalue weighted by Crippen LogP contribution is 2.26. The third kappa shape index (κ3) is 4.70. The largest absolute Gasteiger partial charge is 0.340 e. The van der Waals surface area contributed by atoms with Crippen molar-refractivity contribution in [2.45, 2.75) is 26.2 Å². The van der Waals surface area contributed by atoms with Gasteiger partial charge in [0.1, 0.15) is 0 Å². The highest BCUT2D eigenvalue weighted by Gasteiger charge is 2.24. The van der Waals surface area contributed by atoms with Gasteiger partial charge in [0.15, 0.2) is 0 Å². The van der Waals surface area contributed by atoms with Crippen LogP contribution in [0, 0.1) is 5.92 Å². The summed E-state index contributed by atoms with van der Waals surface area (Å²) in [5, 5.41) is 0. The van der Waals surface area contributed by atoms with Crippen LogP contribution in [0.4, 0.5) is 11.4 Å². The molecule has 1 aliphatic rings. The minimum absolute atomic E-state index is 0.0895. The lowest BCUT2D eigenvalue weighted by molar-refractivity contribution is 0.0690. The van der Waals surface area contributed by atoms with Crippen molar-refractivity contribution in [1.29, 1.82) is 0 Å². The van der Waals surface area contributed by atoms with E-state index < -0.39 is 0 Å². The summed E-state index contributed by atoms with van der Waals surface area (Å²) in [5.41, 5.74) is 4.12. The first-order valence-corrected chi connectivity index (χ1v) is 10.9. The van der Waals surface area contributed by atoms with Gasteiger partial charge in [0.2, 0.25) is 0 Å². The van der Waals surface area contributed by atoms with Gasteiger partial charge >= 0.3 is 0 Å². The molecule has 1 saturated heterocycles. The Morgan fingerprint density at radius 2 is 1.63 bits per heavy atom. The fourth-order valence-corrected chi connectivity index (χ4v) is 4.28. The molecule has 0 aliphatic carbocycles. The first kappa shape index (κ1) is 20.1. The van der Waals surface area contributed by atoms with Crippen LogP contribution in [0.25, 0.3) is 0 Å². The standard InChI is InChI=1S/C26H29N3O/c1-2-29(24-11-7-4-8-12-24)25-18-23(19-27-20-25)26(30)28-15-13-22(14-16-28)17-21-9-5-3-6-10-21/h3-12,18-20,22H,2,13-17H2,1H3. The topological polar surface area (TPSA) is 36.4 Å². The second-order valence-electron chi connectivity index (χ2n) is 7.94. The Morgan fingerprint density at radius 1 is 0.967 bits per heavy atom. The molecule has 4 nitrogen and oxygen atoms in total. The number of benzene rings is 2. The highest BCUT2D eigenvalue weighted by molar-refractivity contribution is 5.95. The number of anilines is 2. The van der Waals surface area contributed by atoms with Crippen molar-refractivity contribution in [3.05, 3.63) is 90.3 Å². The number of carbonyl (C=O) groups is 1. The van der Waals surface area contributed by atoms with Crippen LogP contribution in [-0.4, -0.2) is 35.4 Å². The van der Waals surface area contributed by atoms with E-state index in [9.17, 15) is 4.79 Å². The Bertz CT molecular complexity index is 950. The molecule has 0 unspecified atom stereocenters. The Morgan fingerprint density at radius 3 is 2.30 bits per heavy atom. The number of aromatic nitrogens is 1. The van der Waals surface area contributed by atoms with Crippen molar-refractivity contribution in [2.75, 3.05) is 24.5 Å². The molecule has 3 aromatic rings. The molecular weight excluding hydrogens is 370 g/mol. The normalized spacial score (nSPS) is 14.5. The summed E-state index contributed by atoms with van der Waals surface area (Å²) in [6, 6.07) is 22.8. The number of pyridine rings is 1. The molecule has 2 aromatic carbocycles. The highest BCUT2D eigenvalue weighted by atomic mass is 16.2. The summed E-state index contributed by atoms with van der Waals surface area (Å²) in [5.74, 6) is 0.737. The molecule has 4 heteroatoms. The predicted molar refractivity (Wildman–Crippen MR) is 122 cm³/mol. The lowest BCUT2D eigenvalue weighted by Gasteiger charge is -2.32. The zero-order valence-corrected chi connectivity index (χ0v) is 17.6. The summed E-state index contributed by atoms with van der Waals surface area (Å²) < 4.78 is 0. The van der Waals surface area contributed by atoms with Gasteiger partial charge in [-0.3, -0.25) is 9.78 Å². The van der Waals surface area contributed by atoms with E-state index in [1.54, 1.807) is 6.20 Å². The zero-order valence-electron chi connectivity index (χ0n) is 17.6. The third-order valence-electron chi connectivity index (χ3n) is 5.94. The number of carbonyl (C=O) groups excluding carboxylic acids is 1. The average molecular weight is 400 g/mol. The average Bonchev–Trinajstić information content (AvgIpc) is 2.81. The maximum atomic E-state index is 13.1. The first-order valence-electron chi connectivity index (χ1n) is 10.9. The lowest BCUT2D eigenvalue weighted by Crippen LogP contribution is -2.39. The van der Waals surface area contributed by atoms with Gasteiger partial charge in [-0.05, 0) is 55.9 Å². The number of hydrogen-bond donors (Lipinski definition) is 0. The van der Waals surface area contributed by atoms with E-state index in [1.807, 2.05) is 35.4 Å². The minimum Gasteiger partial charge on any atom is -0.340 e. The van der Waals surface area contributed by atoms with Gasteiger partial charge in [-0.2, -0.15) is 0 Å². The predicted octanol–water partition coefficient (Wildman–Crippen LogP) is 5.33. The van der Waals surface area contributed by atoms with Gasteiger partial charge in [-0.1, -0.05) is 48.5 Å². The molecule has 0 atom stereocenters. The van der Waals surface area contributed by atoms with Crippen LogP contribution in [0.5, 0.6) is 0 Å². The molecular formula is C26H29N3O. The summed E-state index contributed by atoms with van der Waals surface area (Å²) in [6.45, 7) is 4.56. The van der Waals surface area contributed by atoms with Gasteiger partial charge in [-0.15, -0.1) is 0 Å². The number of nitrogens with zero attached hydrogens (tertiary/aromatic N) is 3. The molecule has 2 heterocycles. The van der Waals surface area contributed by atoms with Gasteiger partial charge < -0.3 is 9.80 Å². The Balaban J connectivity index is 1.41. The number of likely N-dealkylation sites (tertiary alicyclic amines) is 1. The number of hydrogen-bond acceptors (Lipinski definition) is 3. The second kappa shape index (κ2) is 9.57. The van der Waals surface area contributed by atoms with E-state index in [2.05, 4.69) is 59.3 Å². The van der Waals surface area contributed by atoms with Crippen molar-refractivity contribution in [3.63, 3.8) is 0 Å². The smallest absolute Gasteiger partial charge is 0.255 e. The molecule has 154 valence electrons. The van der Waals surface area contributed by atoms with Crippen LogP contribution >= 0.6 is 0 Å². The maximum Gasteiger partial charge on any atom is 0.255 e. The van der Waals surface area contributed by atoms with Crippen molar-refractivity contribution in [1.82, 2.24) is 9.88 Å². The van der Waals surface area contributed by atoms with Crippen LogP contribution in [0.1, 0.15) is 35.7 Å². The van der Waals surface area contributed by atoms with Gasteiger partial charge in [-0.25, -0.2) is 0 Å². The number of piperidine rings is 1. The van der Waals surface area contributed by atoms with Crippen molar-refractivity contribution < 1.29 is 4.79 Å². The minimum atomic E-state index is 0.0895. The summed E-state index contributed by atoms with van der Waals surface area (Å²) in [4.78, 5) is 21.7. The molecule has 0 spiro atoms. The van der Waals surface area contributed by atoms with Crippen LogP contribution in [0.15, 0.2) is 79.1 Å². The number of rotatable bonds is 6. The second-order valence-corrected chi connectivity index (χ2v) is 7.94. The molecule has 30 heavy (non-hydrogen) atoms. The zero-order chi connectivity index (χ0) is 20.8. The lowest BCUT2D eigenvalue weighted by atomic mass is 9.90. The van der Waals surface area contributed by atoms with Crippen LogP contribution in [0.2, 0.25) is 0 Å². The molecule has 0 N–H and O–H groups in total. The van der Waals surface area contributed by atoms with E-state index in [4.69, 9.17) is 0 Å². The van der Waals surface area contributed by atoms with Gasteiger partial charge in [0.05, 0.1) is 17.4 Å². The monoisotopic (exact) mass is 399 g/mol. The Kier molecular flexibility index (Phi) is 6.43.